The van der Waals surface area contributed by atoms with Crippen LogP contribution in [0.1, 0.15) is 38.7 Å². The summed E-state index contributed by atoms with van der Waals surface area (Å²) in [6.45, 7) is 6.15. The third kappa shape index (κ3) is 4.75. The first-order valence-corrected chi connectivity index (χ1v) is 12.5. The van der Waals surface area contributed by atoms with E-state index < -0.39 is 0 Å². The smallest absolute Gasteiger partial charge is 0.266 e. The van der Waals surface area contributed by atoms with Crippen molar-refractivity contribution < 1.29 is 9.53 Å². The lowest BCUT2D eigenvalue weighted by molar-refractivity contribution is -0.134. The van der Waals surface area contributed by atoms with Crippen molar-refractivity contribution in [3.8, 4) is 11.4 Å². The summed E-state index contributed by atoms with van der Waals surface area (Å²) in [5.74, 6) is 0.814. The van der Waals surface area contributed by atoms with E-state index in [0.717, 1.165) is 24.8 Å². The lowest BCUT2D eigenvalue weighted by Gasteiger charge is -2.39. The van der Waals surface area contributed by atoms with E-state index in [1.807, 2.05) is 30.0 Å². The van der Waals surface area contributed by atoms with Crippen LogP contribution in [0.25, 0.3) is 16.6 Å². The number of carbonyl (C=O) groups is 1. The van der Waals surface area contributed by atoms with Crippen molar-refractivity contribution in [2.75, 3.05) is 12.9 Å². The normalized spacial score (nSPS) is 18.5. The van der Waals surface area contributed by atoms with Gasteiger partial charge in [-0.1, -0.05) is 29.4 Å². The van der Waals surface area contributed by atoms with E-state index in [9.17, 15) is 9.59 Å². The van der Waals surface area contributed by atoms with Crippen molar-refractivity contribution in [3.05, 3.63) is 57.3 Å². The number of fused-ring (bicyclic) bond motifs is 1. The largest absolute Gasteiger partial charge is 0.495 e. The van der Waals surface area contributed by atoms with Crippen LogP contribution in [-0.4, -0.2) is 45.3 Å². The molecule has 4 rings (SSSR count). The number of amides is 1. The van der Waals surface area contributed by atoms with Crippen molar-refractivity contribution in [1.29, 1.82) is 0 Å². The van der Waals surface area contributed by atoms with Crippen LogP contribution in [0.4, 0.5) is 0 Å². The van der Waals surface area contributed by atoms with Crippen molar-refractivity contribution in [2.24, 2.45) is 0 Å². The minimum atomic E-state index is -0.227. The molecule has 1 fully saturated rings. The molecule has 1 amide bonds. The highest BCUT2D eigenvalue weighted by molar-refractivity contribution is 7.99. The van der Waals surface area contributed by atoms with Crippen molar-refractivity contribution >= 4 is 40.2 Å². The van der Waals surface area contributed by atoms with Gasteiger partial charge in [0, 0.05) is 17.1 Å². The van der Waals surface area contributed by atoms with Crippen LogP contribution >= 0.6 is 23.4 Å². The maximum atomic E-state index is 13.6. The standard InChI is InChI=1S/C25H28ClN3O3S/c1-15-8-11-22(32-4)21(12-15)29-24(31)19-10-9-18(26)13-20(19)27-25(29)33-14-23(30)28-16(2)6-5-7-17(28)3/h8-13,16-17H,5-7,14H2,1-4H3. The number of nitrogens with zero attached hydrogens (tertiary/aromatic N) is 3. The zero-order chi connectivity index (χ0) is 23.7. The van der Waals surface area contributed by atoms with Gasteiger partial charge < -0.3 is 9.64 Å². The first kappa shape index (κ1) is 23.6. The zero-order valence-electron chi connectivity index (χ0n) is 19.3. The fourth-order valence-electron chi connectivity index (χ4n) is 4.54. The van der Waals surface area contributed by atoms with Crippen LogP contribution in [0.2, 0.25) is 5.02 Å². The molecule has 1 aromatic heterocycles. The quantitative estimate of drug-likeness (QED) is 0.365. The van der Waals surface area contributed by atoms with E-state index in [1.54, 1.807) is 29.9 Å². The number of thioether (sulfide) groups is 1. The second-order valence-corrected chi connectivity index (χ2v) is 9.97. The number of ether oxygens (including phenoxy) is 1. The van der Waals surface area contributed by atoms with Crippen LogP contribution in [0.3, 0.4) is 0 Å². The predicted molar refractivity (Wildman–Crippen MR) is 134 cm³/mol. The second kappa shape index (κ2) is 9.77. The van der Waals surface area contributed by atoms with Crippen LogP contribution < -0.4 is 10.3 Å². The molecule has 2 unspecified atom stereocenters. The molecule has 33 heavy (non-hydrogen) atoms. The van der Waals surface area contributed by atoms with E-state index in [-0.39, 0.29) is 29.3 Å². The lowest BCUT2D eigenvalue weighted by atomic mass is 9.98. The summed E-state index contributed by atoms with van der Waals surface area (Å²) in [7, 11) is 1.57. The van der Waals surface area contributed by atoms with Gasteiger partial charge in [-0.3, -0.25) is 14.2 Å². The highest BCUT2D eigenvalue weighted by Crippen LogP contribution is 2.30. The Kier molecular flexibility index (Phi) is 7.00. The number of methoxy groups -OCH3 is 1. The molecule has 8 heteroatoms. The number of hydrogen-bond donors (Lipinski definition) is 0. The molecule has 0 N–H and O–H groups in total. The topological polar surface area (TPSA) is 64.4 Å². The molecule has 2 atom stereocenters. The number of hydrogen-bond acceptors (Lipinski definition) is 5. The third-order valence-electron chi connectivity index (χ3n) is 6.18. The highest BCUT2D eigenvalue weighted by Gasteiger charge is 2.29. The molecule has 0 radical (unpaired) electrons. The number of piperidine rings is 1. The minimum absolute atomic E-state index is 0.0582. The van der Waals surface area contributed by atoms with Gasteiger partial charge in [-0.2, -0.15) is 0 Å². The van der Waals surface area contributed by atoms with Gasteiger partial charge in [0.25, 0.3) is 5.56 Å². The van der Waals surface area contributed by atoms with Gasteiger partial charge in [0.15, 0.2) is 5.16 Å². The van der Waals surface area contributed by atoms with Crippen LogP contribution in [-0.2, 0) is 4.79 Å². The Bertz CT molecular complexity index is 1250. The maximum Gasteiger partial charge on any atom is 0.266 e. The Morgan fingerprint density at radius 3 is 2.61 bits per heavy atom. The molecule has 1 saturated heterocycles. The first-order valence-electron chi connectivity index (χ1n) is 11.1. The van der Waals surface area contributed by atoms with Crippen LogP contribution in [0, 0.1) is 6.92 Å². The van der Waals surface area contributed by atoms with E-state index in [0.29, 0.717) is 32.5 Å². The van der Waals surface area contributed by atoms with E-state index >= 15 is 0 Å². The highest BCUT2D eigenvalue weighted by atomic mass is 35.5. The van der Waals surface area contributed by atoms with Gasteiger partial charge in [-0.25, -0.2) is 4.98 Å². The van der Waals surface area contributed by atoms with E-state index in [4.69, 9.17) is 21.3 Å². The minimum Gasteiger partial charge on any atom is -0.495 e. The average molecular weight is 486 g/mol. The SMILES string of the molecule is COc1ccc(C)cc1-n1c(SCC(=O)N2C(C)CCCC2C)nc2cc(Cl)ccc2c1=O. The van der Waals surface area contributed by atoms with E-state index in [1.165, 1.54) is 11.8 Å². The molecule has 1 aliphatic rings. The Balaban J connectivity index is 1.80. The van der Waals surface area contributed by atoms with Crippen molar-refractivity contribution in [1.82, 2.24) is 14.5 Å². The number of rotatable bonds is 5. The Morgan fingerprint density at radius 2 is 1.91 bits per heavy atom. The molecular formula is C25H28ClN3O3S. The number of aryl methyl sites for hydroxylation is 1. The van der Waals surface area contributed by atoms with Gasteiger partial charge in [0.05, 0.1) is 29.5 Å². The van der Waals surface area contributed by atoms with Crippen LogP contribution in [0.15, 0.2) is 46.3 Å². The number of benzene rings is 2. The van der Waals surface area contributed by atoms with Gasteiger partial charge in [0.1, 0.15) is 5.75 Å². The van der Waals surface area contributed by atoms with Crippen molar-refractivity contribution in [2.45, 2.75) is 57.3 Å². The molecule has 2 heterocycles. The molecule has 2 aromatic carbocycles. The summed E-state index contributed by atoms with van der Waals surface area (Å²) >= 11 is 7.44. The molecule has 6 nitrogen and oxygen atoms in total. The molecule has 0 saturated carbocycles. The monoisotopic (exact) mass is 485 g/mol. The summed E-state index contributed by atoms with van der Waals surface area (Å²) in [4.78, 5) is 33.5. The fraction of sp³-hybridized carbons (Fsp3) is 0.400. The molecule has 0 spiro atoms. The van der Waals surface area contributed by atoms with Gasteiger partial charge in [-0.15, -0.1) is 0 Å². The summed E-state index contributed by atoms with van der Waals surface area (Å²) in [6, 6.07) is 11.1. The number of halogens is 1. The summed E-state index contributed by atoms with van der Waals surface area (Å²) in [5, 5.41) is 1.39. The zero-order valence-corrected chi connectivity index (χ0v) is 20.9. The Hall–Kier alpha value is -2.51. The first-order chi connectivity index (χ1) is 15.8. The number of carbonyl (C=O) groups excluding carboxylic acids is 1. The predicted octanol–water partition coefficient (Wildman–Crippen LogP) is 5.24. The van der Waals surface area contributed by atoms with E-state index in [2.05, 4.69) is 13.8 Å². The van der Waals surface area contributed by atoms with Gasteiger partial charge >= 0.3 is 0 Å². The Morgan fingerprint density at radius 1 is 1.18 bits per heavy atom. The summed E-state index contributed by atoms with van der Waals surface area (Å²) < 4.78 is 7.10. The molecule has 1 aliphatic heterocycles. The van der Waals surface area contributed by atoms with Gasteiger partial charge in [-0.05, 0) is 75.9 Å². The number of likely N-dealkylation sites (tertiary alicyclic amines) is 1. The molecular weight excluding hydrogens is 458 g/mol. The summed E-state index contributed by atoms with van der Waals surface area (Å²) in [6.07, 6.45) is 3.16. The van der Waals surface area contributed by atoms with Crippen molar-refractivity contribution in [3.63, 3.8) is 0 Å². The molecule has 3 aromatic rings. The molecule has 0 aliphatic carbocycles. The van der Waals surface area contributed by atoms with Gasteiger partial charge in [0.2, 0.25) is 5.91 Å². The lowest BCUT2D eigenvalue weighted by Crippen LogP contribution is -2.48. The second-order valence-electron chi connectivity index (χ2n) is 8.59. The van der Waals surface area contributed by atoms with Crippen LogP contribution in [0.5, 0.6) is 5.75 Å². The number of aromatic nitrogens is 2. The molecule has 0 bridgehead atoms. The maximum absolute atomic E-state index is 13.6. The summed E-state index contributed by atoms with van der Waals surface area (Å²) in [5.41, 5.74) is 1.86. The molecule has 174 valence electrons. The average Bonchev–Trinajstić information content (AvgIpc) is 2.77. The Labute approximate surface area is 202 Å². The third-order valence-corrected chi connectivity index (χ3v) is 7.34. The fourth-order valence-corrected chi connectivity index (χ4v) is 5.58.